The highest BCUT2D eigenvalue weighted by Gasteiger charge is 2.34. The van der Waals surface area contributed by atoms with E-state index in [1.165, 1.54) is 0 Å². The Kier molecular flexibility index (Phi) is 8.93. The molecule has 6 rings (SSSR count). The predicted molar refractivity (Wildman–Crippen MR) is 171 cm³/mol. The summed E-state index contributed by atoms with van der Waals surface area (Å²) in [6.07, 6.45) is 5.48. The number of ether oxygens (including phenoxy) is 2. The molecule has 2 amide bonds. The molecule has 1 saturated heterocycles. The number of amides is 2. The van der Waals surface area contributed by atoms with E-state index in [4.69, 9.17) is 26.1 Å². The van der Waals surface area contributed by atoms with Crippen LogP contribution in [-0.2, 0) is 9.47 Å². The number of carbonyl (C=O) groups is 2. The molecule has 0 radical (unpaired) electrons. The molecule has 7 nitrogen and oxygen atoms in total. The summed E-state index contributed by atoms with van der Waals surface area (Å²) in [5.74, 6) is -0.253. The molecule has 3 aromatic rings. The molecule has 1 saturated carbocycles. The first-order valence-corrected chi connectivity index (χ1v) is 15.6. The van der Waals surface area contributed by atoms with E-state index in [0.717, 1.165) is 79.8 Å². The maximum Gasteiger partial charge on any atom is 0.258 e. The lowest BCUT2D eigenvalue weighted by molar-refractivity contribution is -0.0614. The zero-order chi connectivity index (χ0) is 29.9. The highest BCUT2D eigenvalue weighted by Crippen LogP contribution is 2.34. The van der Waals surface area contributed by atoms with Gasteiger partial charge in [-0.3, -0.25) is 14.6 Å². The molecule has 1 N–H and O–H groups in total. The second-order valence-electron chi connectivity index (χ2n) is 11.7. The molecule has 3 unspecified atom stereocenters. The summed E-state index contributed by atoms with van der Waals surface area (Å²) >= 11 is 6.50. The van der Waals surface area contributed by atoms with Gasteiger partial charge in [-0.15, -0.1) is 0 Å². The van der Waals surface area contributed by atoms with Crippen LogP contribution < -0.4 is 10.2 Å². The monoisotopic (exact) mass is 599 g/mol. The Morgan fingerprint density at radius 1 is 0.907 bits per heavy atom. The molecular weight excluding hydrogens is 562 g/mol. The molecule has 2 aliphatic heterocycles. The van der Waals surface area contributed by atoms with E-state index < -0.39 is 0 Å². The van der Waals surface area contributed by atoms with E-state index >= 15 is 0 Å². The minimum atomic E-state index is -0.173. The van der Waals surface area contributed by atoms with Gasteiger partial charge in [0.2, 0.25) is 0 Å². The van der Waals surface area contributed by atoms with Gasteiger partial charge in [-0.2, -0.15) is 0 Å². The Hall–Kier alpha value is -3.52. The first-order valence-electron chi connectivity index (χ1n) is 15.3. The highest BCUT2D eigenvalue weighted by atomic mass is 35.5. The molecule has 0 aromatic heterocycles. The number of fused-ring (bicyclic) bond motifs is 2. The number of nitrogens with zero attached hydrogens (tertiary/aromatic N) is 2. The molecule has 224 valence electrons. The zero-order valence-electron chi connectivity index (χ0n) is 24.8. The van der Waals surface area contributed by atoms with Crippen molar-refractivity contribution < 1.29 is 19.1 Å². The lowest BCUT2D eigenvalue weighted by atomic mass is 9.90. The number of hydrogen-bond donors (Lipinski definition) is 1. The number of aliphatic imine (C=N–C) groups is 1. The molecule has 0 bridgehead atoms. The van der Waals surface area contributed by atoms with Crippen LogP contribution in [0.2, 0.25) is 5.02 Å². The number of aryl methyl sites for hydroxylation is 2. The Morgan fingerprint density at radius 2 is 1.72 bits per heavy atom. The SMILES string of the molecule is Cc1ccccc1C(=O)Nc1ccc(C(=O)N2CCCC(=NC3CCC4OCCCOC4C3)c3cc(Cl)ccc32)c(C)c1. The van der Waals surface area contributed by atoms with Gasteiger partial charge in [-0.05, 0) is 106 Å². The van der Waals surface area contributed by atoms with E-state index in [2.05, 4.69) is 5.32 Å². The van der Waals surface area contributed by atoms with Gasteiger partial charge in [-0.1, -0.05) is 29.8 Å². The second kappa shape index (κ2) is 13.0. The van der Waals surface area contributed by atoms with Crippen molar-refractivity contribution in [3.05, 3.63) is 93.5 Å². The molecule has 3 atom stereocenters. The smallest absolute Gasteiger partial charge is 0.258 e. The number of rotatable bonds is 4. The van der Waals surface area contributed by atoms with Gasteiger partial charge in [0.05, 0.1) is 23.9 Å². The van der Waals surface area contributed by atoms with Gasteiger partial charge in [0.1, 0.15) is 0 Å². The lowest BCUT2D eigenvalue weighted by Crippen LogP contribution is -2.38. The molecule has 8 heteroatoms. The van der Waals surface area contributed by atoms with E-state index in [-0.39, 0.29) is 30.1 Å². The van der Waals surface area contributed by atoms with Crippen LogP contribution in [0.1, 0.15) is 75.9 Å². The third-order valence-electron chi connectivity index (χ3n) is 8.70. The highest BCUT2D eigenvalue weighted by molar-refractivity contribution is 6.31. The van der Waals surface area contributed by atoms with E-state index in [1.54, 1.807) is 18.2 Å². The Morgan fingerprint density at radius 3 is 2.53 bits per heavy atom. The summed E-state index contributed by atoms with van der Waals surface area (Å²) in [6, 6.07) is 18.8. The van der Waals surface area contributed by atoms with Crippen molar-refractivity contribution >= 4 is 40.5 Å². The van der Waals surface area contributed by atoms with Crippen LogP contribution in [0.15, 0.2) is 65.7 Å². The molecular formula is C35H38ClN3O4. The summed E-state index contributed by atoms with van der Waals surface area (Å²) in [6.45, 7) is 5.89. The van der Waals surface area contributed by atoms with E-state index in [1.807, 2.05) is 61.2 Å². The fraction of sp³-hybridized carbons (Fsp3) is 0.400. The van der Waals surface area contributed by atoms with Crippen molar-refractivity contribution in [3.63, 3.8) is 0 Å². The Balaban J connectivity index is 1.23. The second-order valence-corrected chi connectivity index (χ2v) is 12.2. The van der Waals surface area contributed by atoms with Crippen molar-refractivity contribution in [1.29, 1.82) is 0 Å². The largest absolute Gasteiger partial charge is 0.375 e. The molecule has 0 spiro atoms. The average molecular weight is 600 g/mol. The average Bonchev–Trinajstić information content (AvgIpc) is 3.33. The summed E-state index contributed by atoms with van der Waals surface area (Å²) in [4.78, 5) is 34.0. The molecule has 2 heterocycles. The van der Waals surface area contributed by atoms with Gasteiger partial charge in [0.15, 0.2) is 0 Å². The third kappa shape index (κ3) is 6.54. The number of halogens is 1. The first kappa shape index (κ1) is 29.5. The van der Waals surface area contributed by atoms with Crippen LogP contribution in [0.4, 0.5) is 11.4 Å². The molecule has 3 aromatic carbocycles. The fourth-order valence-electron chi connectivity index (χ4n) is 6.44. The standard InChI is InChI=1S/C35H38ClN3O4/c1-22-7-3-4-8-27(22)34(40)38-25-11-13-28(23(2)19-25)35(41)39-16-5-9-30(29-20-24(36)10-14-31(29)39)37-26-12-15-32-33(21-26)43-18-6-17-42-32/h3-4,7-8,10-11,13-14,19-20,26,32-33H,5-6,9,12,15-18,21H2,1-2H3,(H,38,40). The number of carbonyl (C=O) groups excluding carboxylic acids is 2. The van der Waals surface area contributed by atoms with Crippen LogP contribution in [0.25, 0.3) is 0 Å². The van der Waals surface area contributed by atoms with Gasteiger partial charge in [-0.25, -0.2) is 0 Å². The number of nitrogens with one attached hydrogen (secondary N) is 1. The Labute approximate surface area is 258 Å². The fourth-order valence-corrected chi connectivity index (χ4v) is 6.62. The number of hydrogen-bond acceptors (Lipinski definition) is 5. The molecule has 2 fully saturated rings. The number of anilines is 2. The molecule has 43 heavy (non-hydrogen) atoms. The Bertz CT molecular complexity index is 1550. The molecule has 3 aliphatic rings. The minimum absolute atomic E-state index is 0.0800. The van der Waals surface area contributed by atoms with Gasteiger partial charge in [0, 0.05) is 52.9 Å². The van der Waals surface area contributed by atoms with Crippen LogP contribution in [0.3, 0.4) is 0 Å². The van der Waals surface area contributed by atoms with Crippen LogP contribution in [0, 0.1) is 13.8 Å². The predicted octanol–water partition coefficient (Wildman–Crippen LogP) is 7.17. The summed E-state index contributed by atoms with van der Waals surface area (Å²) in [5.41, 5.74) is 6.31. The lowest BCUT2D eigenvalue weighted by Gasteiger charge is -2.33. The van der Waals surface area contributed by atoms with E-state index in [0.29, 0.717) is 28.4 Å². The van der Waals surface area contributed by atoms with Crippen molar-refractivity contribution in [2.45, 2.75) is 70.6 Å². The topological polar surface area (TPSA) is 80.2 Å². The summed E-state index contributed by atoms with van der Waals surface area (Å²) in [7, 11) is 0. The van der Waals surface area contributed by atoms with E-state index in [9.17, 15) is 9.59 Å². The van der Waals surface area contributed by atoms with Crippen LogP contribution in [-0.4, -0.2) is 55.5 Å². The first-order chi connectivity index (χ1) is 20.9. The third-order valence-corrected chi connectivity index (χ3v) is 8.93. The maximum absolute atomic E-state index is 14.0. The van der Waals surface area contributed by atoms with Crippen molar-refractivity contribution in [2.75, 3.05) is 30.0 Å². The minimum Gasteiger partial charge on any atom is -0.375 e. The molecule has 1 aliphatic carbocycles. The summed E-state index contributed by atoms with van der Waals surface area (Å²) < 4.78 is 12.1. The van der Waals surface area contributed by atoms with Gasteiger partial charge < -0.3 is 19.7 Å². The maximum atomic E-state index is 14.0. The quantitative estimate of drug-likeness (QED) is 0.345. The van der Waals surface area contributed by atoms with Gasteiger partial charge >= 0.3 is 0 Å². The van der Waals surface area contributed by atoms with Crippen LogP contribution >= 0.6 is 11.6 Å². The van der Waals surface area contributed by atoms with Gasteiger partial charge in [0.25, 0.3) is 11.8 Å². The van der Waals surface area contributed by atoms with Crippen molar-refractivity contribution in [2.24, 2.45) is 4.99 Å². The normalized spacial score (nSPS) is 23.1. The zero-order valence-corrected chi connectivity index (χ0v) is 25.5. The summed E-state index contributed by atoms with van der Waals surface area (Å²) in [5, 5.41) is 3.59. The van der Waals surface area contributed by atoms with Crippen molar-refractivity contribution in [3.8, 4) is 0 Å². The van der Waals surface area contributed by atoms with Crippen LogP contribution in [0.5, 0.6) is 0 Å². The number of benzene rings is 3. The van der Waals surface area contributed by atoms with Crippen molar-refractivity contribution in [1.82, 2.24) is 0 Å².